The lowest BCUT2D eigenvalue weighted by Gasteiger charge is -2.10. The molecule has 0 saturated carbocycles. The van der Waals surface area contributed by atoms with Crippen LogP contribution in [0.5, 0.6) is 0 Å². The summed E-state index contributed by atoms with van der Waals surface area (Å²) < 4.78 is 13.1. The van der Waals surface area contributed by atoms with Crippen molar-refractivity contribution in [2.75, 3.05) is 0 Å². The Hall–Kier alpha value is -7.37. The summed E-state index contributed by atoms with van der Waals surface area (Å²) in [6.45, 7) is 0. The molecule has 0 saturated heterocycles. The van der Waals surface area contributed by atoms with Gasteiger partial charge in [-0.25, -0.2) is 15.0 Å². The topological polar surface area (TPSA) is 65.0 Å². The molecule has 252 valence electrons. The van der Waals surface area contributed by atoms with Gasteiger partial charge in [-0.1, -0.05) is 146 Å². The van der Waals surface area contributed by atoms with Gasteiger partial charge in [0.05, 0.1) is 0 Å². The van der Waals surface area contributed by atoms with Gasteiger partial charge in [-0.05, 0) is 57.8 Å². The maximum absolute atomic E-state index is 6.71. The molecule has 54 heavy (non-hydrogen) atoms. The van der Waals surface area contributed by atoms with Crippen molar-refractivity contribution >= 4 is 54.6 Å². The zero-order valence-electron chi connectivity index (χ0n) is 28.9. The minimum Gasteiger partial charge on any atom is -0.456 e. The van der Waals surface area contributed by atoms with E-state index in [1.807, 2.05) is 48.5 Å². The van der Waals surface area contributed by atoms with Crippen molar-refractivity contribution in [2.24, 2.45) is 0 Å². The molecule has 8 aromatic carbocycles. The molecule has 0 aliphatic heterocycles. The summed E-state index contributed by atoms with van der Waals surface area (Å²) in [5, 5.41) is 6.51. The Morgan fingerprint density at radius 1 is 0.315 bits per heavy atom. The lowest BCUT2D eigenvalue weighted by molar-refractivity contribution is 0.668. The predicted octanol–water partition coefficient (Wildman–Crippen LogP) is 13.2. The molecule has 0 fully saturated rings. The van der Waals surface area contributed by atoms with Crippen LogP contribution in [0.4, 0.5) is 0 Å². The first kappa shape index (κ1) is 30.3. The fourth-order valence-electron chi connectivity index (χ4n) is 7.68. The number of hydrogen-bond donors (Lipinski definition) is 0. The normalized spacial score (nSPS) is 11.7. The first-order valence-electron chi connectivity index (χ1n) is 18.0. The highest BCUT2D eigenvalue weighted by Crippen LogP contribution is 2.42. The van der Waals surface area contributed by atoms with Crippen molar-refractivity contribution in [1.82, 2.24) is 15.0 Å². The van der Waals surface area contributed by atoms with Gasteiger partial charge in [-0.2, -0.15) is 0 Å². The van der Waals surface area contributed by atoms with E-state index in [-0.39, 0.29) is 0 Å². The van der Waals surface area contributed by atoms with Gasteiger partial charge in [0.2, 0.25) is 0 Å². The third kappa shape index (κ3) is 4.98. The Kier molecular flexibility index (Phi) is 6.79. The molecule has 0 aliphatic rings. The summed E-state index contributed by atoms with van der Waals surface area (Å²) in [5.74, 6) is 1.80. The first-order valence-corrected chi connectivity index (χ1v) is 18.0. The molecule has 3 heterocycles. The van der Waals surface area contributed by atoms with E-state index in [4.69, 9.17) is 23.8 Å². The van der Waals surface area contributed by atoms with Gasteiger partial charge in [0.25, 0.3) is 0 Å². The summed E-state index contributed by atoms with van der Waals surface area (Å²) in [7, 11) is 0. The number of benzene rings is 8. The predicted molar refractivity (Wildman–Crippen MR) is 219 cm³/mol. The summed E-state index contributed by atoms with van der Waals surface area (Å²) >= 11 is 0. The van der Waals surface area contributed by atoms with Gasteiger partial charge in [0.15, 0.2) is 17.5 Å². The van der Waals surface area contributed by atoms with E-state index in [9.17, 15) is 0 Å². The van der Waals surface area contributed by atoms with Crippen molar-refractivity contribution in [1.29, 1.82) is 0 Å². The van der Waals surface area contributed by atoms with Crippen molar-refractivity contribution in [2.45, 2.75) is 0 Å². The summed E-state index contributed by atoms with van der Waals surface area (Å²) in [4.78, 5) is 15.2. The van der Waals surface area contributed by atoms with E-state index < -0.39 is 0 Å². The molecule has 0 atom stereocenters. The maximum atomic E-state index is 6.71. The average Bonchev–Trinajstić information content (AvgIpc) is 3.81. The number of furan rings is 2. The van der Waals surface area contributed by atoms with E-state index >= 15 is 0 Å². The zero-order valence-corrected chi connectivity index (χ0v) is 28.9. The van der Waals surface area contributed by atoms with Crippen molar-refractivity contribution in [3.05, 3.63) is 176 Å². The van der Waals surface area contributed by atoms with Crippen LogP contribution in [0.3, 0.4) is 0 Å². The van der Waals surface area contributed by atoms with Crippen molar-refractivity contribution in [3.8, 4) is 56.4 Å². The number of aromatic nitrogens is 3. The van der Waals surface area contributed by atoms with E-state index in [0.29, 0.717) is 17.5 Å². The van der Waals surface area contributed by atoms with Crippen LogP contribution < -0.4 is 0 Å². The fourth-order valence-corrected chi connectivity index (χ4v) is 7.68. The van der Waals surface area contributed by atoms with E-state index in [0.717, 1.165) is 88.2 Å². The molecule has 0 aliphatic carbocycles. The highest BCUT2D eigenvalue weighted by molar-refractivity contribution is 6.16. The Bertz CT molecular complexity index is 3200. The van der Waals surface area contributed by atoms with Crippen LogP contribution in [0.15, 0.2) is 185 Å². The Balaban J connectivity index is 1.06. The molecule has 5 nitrogen and oxygen atoms in total. The molecule has 0 N–H and O–H groups in total. The Labute approximate surface area is 309 Å². The summed E-state index contributed by atoms with van der Waals surface area (Å²) in [6.07, 6.45) is 0. The summed E-state index contributed by atoms with van der Waals surface area (Å²) in [5.41, 5.74) is 10.3. The molecule has 11 rings (SSSR count). The van der Waals surface area contributed by atoms with Crippen LogP contribution >= 0.6 is 0 Å². The first-order chi connectivity index (χ1) is 26.7. The number of fused-ring (bicyclic) bond motifs is 7. The number of para-hydroxylation sites is 1. The van der Waals surface area contributed by atoms with E-state index in [1.165, 1.54) is 5.39 Å². The van der Waals surface area contributed by atoms with Crippen molar-refractivity contribution in [3.63, 3.8) is 0 Å². The van der Waals surface area contributed by atoms with Crippen molar-refractivity contribution < 1.29 is 8.83 Å². The molecule has 0 unspecified atom stereocenters. The number of hydrogen-bond acceptors (Lipinski definition) is 5. The molecule has 5 heteroatoms. The third-order valence-electron chi connectivity index (χ3n) is 10.3. The standard InChI is InChI=1S/C49H29N3O2/c1-3-11-30(12-4-1)31-21-23-33(24-22-31)48-50-47(32-13-5-2-6-14-32)51-49(52-48)40-19-10-20-42-45(40)39-18-9-17-37(46(39)54-42)36-25-26-38-41-27-34-15-7-8-16-35(34)28-44(41)53-43(38)29-36/h1-29H. The van der Waals surface area contributed by atoms with Gasteiger partial charge in [-0.15, -0.1) is 0 Å². The second-order valence-corrected chi connectivity index (χ2v) is 13.6. The SMILES string of the molecule is c1ccc(-c2ccc(-c3nc(-c4ccccc4)nc(-c4cccc5oc6c(-c7ccc8c(c7)oc7cc9ccccc9cc78)cccc6c45)n3)cc2)cc1. The Morgan fingerprint density at radius 3 is 1.67 bits per heavy atom. The van der Waals surface area contributed by atoms with Gasteiger partial charge < -0.3 is 8.83 Å². The molecule has 0 amide bonds. The van der Waals surface area contributed by atoms with Crippen LogP contribution in [0.1, 0.15) is 0 Å². The third-order valence-corrected chi connectivity index (χ3v) is 10.3. The minimum absolute atomic E-state index is 0.584. The number of rotatable bonds is 5. The smallest absolute Gasteiger partial charge is 0.164 e. The Morgan fingerprint density at radius 2 is 0.889 bits per heavy atom. The second kappa shape index (κ2) is 12.1. The molecule has 3 aromatic heterocycles. The molecule has 11 aromatic rings. The summed E-state index contributed by atoms with van der Waals surface area (Å²) in [6, 6.07) is 60.4. The molecule has 0 spiro atoms. The molecule has 0 bridgehead atoms. The highest BCUT2D eigenvalue weighted by Gasteiger charge is 2.20. The minimum atomic E-state index is 0.584. The second-order valence-electron chi connectivity index (χ2n) is 13.6. The number of nitrogens with zero attached hydrogens (tertiary/aromatic N) is 3. The zero-order chi connectivity index (χ0) is 35.6. The lowest BCUT2D eigenvalue weighted by atomic mass is 9.99. The van der Waals surface area contributed by atoms with E-state index in [1.54, 1.807) is 0 Å². The van der Waals surface area contributed by atoms with E-state index in [2.05, 4.69) is 127 Å². The highest BCUT2D eigenvalue weighted by atomic mass is 16.3. The largest absolute Gasteiger partial charge is 0.456 e. The van der Waals surface area contributed by atoms with Gasteiger partial charge >= 0.3 is 0 Å². The van der Waals surface area contributed by atoms with Gasteiger partial charge in [0, 0.05) is 43.8 Å². The monoisotopic (exact) mass is 691 g/mol. The van der Waals surface area contributed by atoms with Crippen LogP contribution in [0, 0.1) is 0 Å². The van der Waals surface area contributed by atoms with Crippen LogP contribution in [0.2, 0.25) is 0 Å². The van der Waals surface area contributed by atoms with Crippen LogP contribution in [-0.4, -0.2) is 15.0 Å². The molecular weight excluding hydrogens is 663 g/mol. The van der Waals surface area contributed by atoms with Crippen LogP contribution in [0.25, 0.3) is 111 Å². The fraction of sp³-hybridized carbons (Fsp3) is 0. The maximum Gasteiger partial charge on any atom is 0.164 e. The quantitative estimate of drug-likeness (QED) is 0.180. The molecular formula is C49H29N3O2. The van der Waals surface area contributed by atoms with Crippen LogP contribution in [-0.2, 0) is 0 Å². The lowest BCUT2D eigenvalue weighted by Crippen LogP contribution is -2.00. The average molecular weight is 692 g/mol. The van der Waals surface area contributed by atoms with Gasteiger partial charge in [-0.3, -0.25) is 0 Å². The van der Waals surface area contributed by atoms with Gasteiger partial charge in [0.1, 0.15) is 22.3 Å². The molecule has 0 radical (unpaired) electrons.